The first kappa shape index (κ1) is 17.9. The number of hydrogen-bond acceptors (Lipinski definition) is 4. The summed E-state index contributed by atoms with van der Waals surface area (Å²) in [5, 5.41) is 0.165. The Bertz CT molecular complexity index is 862. The highest BCUT2D eigenvalue weighted by molar-refractivity contribution is 7.89. The summed E-state index contributed by atoms with van der Waals surface area (Å²) in [4.78, 5) is 12.4. The predicted octanol–water partition coefficient (Wildman–Crippen LogP) is 3.48. The van der Waals surface area contributed by atoms with Crippen molar-refractivity contribution >= 4 is 27.6 Å². The fourth-order valence-electron chi connectivity index (χ4n) is 2.70. The second kappa shape index (κ2) is 7.56. The molecule has 0 N–H and O–H groups in total. The topological polar surface area (TPSA) is 63.7 Å². The Morgan fingerprint density at radius 3 is 2.44 bits per heavy atom. The number of carbonyl (C=O) groups excluding carboxylic acids is 1. The number of nitrogens with zero attached hydrogens (tertiary/aromatic N) is 1. The lowest BCUT2D eigenvalue weighted by Gasteiger charge is -2.16. The SMILES string of the molecule is O=C(OCc1ccccc1)c1cc(S(=O)(=O)N2CCCC2)ccc1Cl. The van der Waals surface area contributed by atoms with Crippen LogP contribution in [0.25, 0.3) is 0 Å². The van der Waals surface area contributed by atoms with Gasteiger partial charge >= 0.3 is 5.97 Å². The van der Waals surface area contributed by atoms with Crippen LogP contribution in [-0.4, -0.2) is 31.8 Å². The number of esters is 1. The van der Waals surface area contributed by atoms with Crippen molar-refractivity contribution in [3.63, 3.8) is 0 Å². The lowest BCUT2D eigenvalue weighted by atomic mass is 10.2. The molecule has 0 unspecified atom stereocenters. The van der Waals surface area contributed by atoms with Crippen molar-refractivity contribution in [2.75, 3.05) is 13.1 Å². The van der Waals surface area contributed by atoms with Crippen molar-refractivity contribution in [2.45, 2.75) is 24.3 Å². The van der Waals surface area contributed by atoms with Crippen LogP contribution in [0.15, 0.2) is 53.4 Å². The van der Waals surface area contributed by atoms with Crippen molar-refractivity contribution in [2.24, 2.45) is 0 Å². The Kier molecular flexibility index (Phi) is 5.42. The van der Waals surface area contributed by atoms with E-state index in [9.17, 15) is 13.2 Å². The monoisotopic (exact) mass is 379 g/mol. The Morgan fingerprint density at radius 1 is 1.08 bits per heavy atom. The van der Waals surface area contributed by atoms with Crippen molar-refractivity contribution in [3.8, 4) is 0 Å². The molecule has 0 spiro atoms. The average molecular weight is 380 g/mol. The summed E-state index contributed by atoms with van der Waals surface area (Å²) in [6, 6.07) is 13.4. The van der Waals surface area contributed by atoms with Gasteiger partial charge in [0.25, 0.3) is 0 Å². The van der Waals surface area contributed by atoms with Crippen LogP contribution in [0, 0.1) is 0 Å². The summed E-state index contributed by atoms with van der Waals surface area (Å²) in [6.45, 7) is 1.09. The third kappa shape index (κ3) is 4.03. The van der Waals surface area contributed by atoms with E-state index in [0.29, 0.717) is 13.1 Å². The molecule has 1 aliphatic heterocycles. The molecule has 1 heterocycles. The first-order valence-electron chi connectivity index (χ1n) is 7.99. The molecule has 3 rings (SSSR count). The summed E-state index contributed by atoms with van der Waals surface area (Å²) in [6.07, 6.45) is 1.69. The molecule has 7 heteroatoms. The van der Waals surface area contributed by atoms with Crippen LogP contribution in [0.1, 0.15) is 28.8 Å². The number of ether oxygens (including phenoxy) is 1. The van der Waals surface area contributed by atoms with Crippen LogP contribution >= 0.6 is 11.6 Å². The molecular weight excluding hydrogens is 362 g/mol. The Labute approximate surface area is 152 Å². The van der Waals surface area contributed by atoms with Gasteiger partial charge in [-0.15, -0.1) is 0 Å². The van der Waals surface area contributed by atoms with Gasteiger partial charge in [-0.05, 0) is 36.6 Å². The van der Waals surface area contributed by atoms with Gasteiger partial charge in [-0.1, -0.05) is 41.9 Å². The molecule has 5 nitrogen and oxygen atoms in total. The van der Waals surface area contributed by atoms with E-state index in [-0.39, 0.29) is 22.1 Å². The normalized spacial score (nSPS) is 15.2. The summed E-state index contributed by atoms with van der Waals surface area (Å²) in [7, 11) is -3.61. The first-order chi connectivity index (χ1) is 12.0. The summed E-state index contributed by atoms with van der Waals surface area (Å²) in [5.74, 6) is -0.646. The number of rotatable bonds is 5. The molecule has 2 aromatic rings. The molecule has 1 fully saturated rings. The van der Waals surface area contributed by atoms with E-state index in [1.165, 1.54) is 22.5 Å². The molecule has 0 aromatic heterocycles. The average Bonchev–Trinajstić information content (AvgIpc) is 3.16. The van der Waals surface area contributed by atoms with Gasteiger partial charge in [0.15, 0.2) is 0 Å². The van der Waals surface area contributed by atoms with Gasteiger partial charge in [0.1, 0.15) is 6.61 Å². The Morgan fingerprint density at radius 2 is 1.76 bits per heavy atom. The van der Waals surface area contributed by atoms with Gasteiger partial charge in [-0.3, -0.25) is 0 Å². The van der Waals surface area contributed by atoms with E-state index >= 15 is 0 Å². The third-order valence-electron chi connectivity index (χ3n) is 4.07. The van der Waals surface area contributed by atoms with E-state index in [0.717, 1.165) is 18.4 Å². The molecule has 0 bridgehead atoms. The van der Waals surface area contributed by atoms with Crippen LogP contribution in [0.3, 0.4) is 0 Å². The highest BCUT2D eigenvalue weighted by atomic mass is 35.5. The van der Waals surface area contributed by atoms with Crippen LogP contribution in [0.4, 0.5) is 0 Å². The van der Waals surface area contributed by atoms with Crippen LogP contribution in [0.5, 0.6) is 0 Å². The second-order valence-corrected chi connectivity index (χ2v) is 8.16. The number of carbonyl (C=O) groups is 1. The molecule has 0 saturated carbocycles. The van der Waals surface area contributed by atoms with Gasteiger partial charge < -0.3 is 4.74 Å². The minimum Gasteiger partial charge on any atom is -0.457 e. The molecule has 1 aliphatic rings. The first-order valence-corrected chi connectivity index (χ1v) is 9.81. The zero-order valence-electron chi connectivity index (χ0n) is 13.5. The lowest BCUT2D eigenvalue weighted by molar-refractivity contribution is 0.0472. The highest BCUT2D eigenvalue weighted by Gasteiger charge is 2.28. The summed E-state index contributed by atoms with van der Waals surface area (Å²) in [5.41, 5.74) is 0.894. The molecule has 0 radical (unpaired) electrons. The molecule has 0 aliphatic carbocycles. The maximum atomic E-state index is 12.6. The van der Waals surface area contributed by atoms with Crippen LogP contribution in [-0.2, 0) is 21.4 Å². The van der Waals surface area contributed by atoms with Crippen LogP contribution < -0.4 is 0 Å². The Hall–Kier alpha value is -1.89. The molecule has 0 amide bonds. The minimum absolute atomic E-state index is 0.0536. The van der Waals surface area contributed by atoms with Gasteiger partial charge in [-0.25, -0.2) is 13.2 Å². The molecular formula is C18H18ClNO4S. The van der Waals surface area contributed by atoms with Gasteiger partial charge in [0.2, 0.25) is 10.0 Å². The third-order valence-corrected chi connectivity index (χ3v) is 6.30. The zero-order valence-corrected chi connectivity index (χ0v) is 15.1. The predicted molar refractivity (Wildman–Crippen MR) is 95.0 cm³/mol. The van der Waals surface area contributed by atoms with E-state index < -0.39 is 16.0 Å². The highest BCUT2D eigenvalue weighted by Crippen LogP contribution is 2.26. The van der Waals surface area contributed by atoms with Gasteiger partial charge in [0, 0.05) is 13.1 Å². The quantitative estimate of drug-likeness (QED) is 0.746. The standard InChI is InChI=1S/C18H18ClNO4S/c19-17-9-8-15(25(22,23)20-10-4-5-11-20)12-16(17)18(21)24-13-14-6-2-1-3-7-14/h1-3,6-9,12H,4-5,10-11,13H2. The number of benzene rings is 2. The fourth-order valence-corrected chi connectivity index (χ4v) is 4.44. The molecule has 132 valence electrons. The van der Waals surface area contributed by atoms with E-state index in [2.05, 4.69) is 0 Å². The second-order valence-electron chi connectivity index (χ2n) is 5.81. The molecule has 0 atom stereocenters. The number of halogens is 1. The largest absolute Gasteiger partial charge is 0.457 e. The lowest BCUT2D eigenvalue weighted by Crippen LogP contribution is -2.28. The molecule has 1 saturated heterocycles. The Balaban J connectivity index is 1.80. The molecule has 25 heavy (non-hydrogen) atoms. The summed E-state index contributed by atoms with van der Waals surface area (Å²) >= 11 is 6.07. The maximum absolute atomic E-state index is 12.6. The minimum atomic E-state index is -3.61. The maximum Gasteiger partial charge on any atom is 0.340 e. The fraction of sp³-hybridized carbons (Fsp3) is 0.278. The van der Waals surface area contributed by atoms with Crippen molar-refractivity contribution in [3.05, 3.63) is 64.7 Å². The number of sulfonamides is 1. The van der Waals surface area contributed by atoms with Gasteiger partial charge in [0.05, 0.1) is 15.5 Å². The molecule has 2 aromatic carbocycles. The van der Waals surface area contributed by atoms with Crippen LogP contribution in [0.2, 0.25) is 5.02 Å². The summed E-state index contributed by atoms with van der Waals surface area (Å²) < 4.78 is 31.9. The van der Waals surface area contributed by atoms with Crippen molar-refractivity contribution in [1.82, 2.24) is 4.31 Å². The smallest absolute Gasteiger partial charge is 0.340 e. The van der Waals surface area contributed by atoms with Crippen molar-refractivity contribution in [1.29, 1.82) is 0 Å². The zero-order chi connectivity index (χ0) is 17.9. The van der Waals surface area contributed by atoms with Crippen molar-refractivity contribution < 1.29 is 17.9 Å². The van der Waals surface area contributed by atoms with E-state index in [4.69, 9.17) is 16.3 Å². The number of hydrogen-bond donors (Lipinski definition) is 0. The van der Waals surface area contributed by atoms with E-state index in [1.54, 1.807) is 0 Å². The van der Waals surface area contributed by atoms with E-state index in [1.807, 2.05) is 30.3 Å². The van der Waals surface area contributed by atoms with Gasteiger partial charge in [-0.2, -0.15) is 4.31 Å².